The molecule has 9 aromatic rings. The molecule has 146 heavy (non-hydrogen) atoms. The van der Waals surface area contributed by atoms with Crippen LogP contribution in [0.4, 0.5) is 49.4 Å². The Morgan fingerprint density at radius 3 is 1.11 bits per heavy atom. The predicted octanol–water partition coefficient (Wildman–Crippen LogP) is 16.9. The average Bonchev–Trinajstić information content (AvgIpc) is 1.62. The normalized spacial score (nSPS) is 14.0. The van der Waals surface area contributed by atoms with Crippen LogP contribution in [0.1, 0.15) is 160 Å². The van der Waals surface area contributed by atoms with E-state index in [-0.39, 0.29) is 69.3 Å². The molecule has 14 rings (SSSR count). The highest BCUT2D eigenvalue weighted by Crippen LogP contribution is 2.40. The lowest BCUT2D eigenvalue weighted by Crippen LogP contribution is -2.39. The molecular weight excluding hydrogens is 2030 g/mol. The fourth-order valence-electron chi connectivity index (χ4n) is 15.0. The number of methoxy groups -OCH3 is 2. The number of carbonyl (C=O) groups excluding carboxylic acids is 9. The molecule has 4 aromatic heterocycles. The molecule has 7 amide bonds. The number of hydrogen-bond acceptors (Lipinski definition) is 29. The van der Waals surface area contributed by atoms with Gasteiger partial charge in [-0.1, -0.05) is 64.6 Å². The summed E-state index contributed by atoms with van der Waals surface area (Å²) >= 11 is 25.4. The number of fused-ring (bicyclic) bond motifs is 1. The first kappa shape index (κ1) is 122. The van der Waals surface area contributed by atoms with E-state index in [9.17, 15) is 48.4 Å². The number of ether oxygens (including phenoxy) is 4. The van der Waals surface area contributed by atoms with E-state index in [1.165, 1.54) is 49.9 Å². The molecule has 4 N–H and O–H groups in total. The molecule has 0 spiro atoms. The highest BCUT2D eigenvalue weighted by molar-refractivity contribution is 9.10. The number of anilines is 7. The molecule has 0 bridgehead atoms. The summed E-state index contributed by atoms with van der Waals surface area (Å²) in [4.78, 5) is 144. The molecule has 5 fully saturated rings. The lowest BCUT2D eigenvalue weighted by atomic mass is 10.1. The van der Waals surface area contributed by atoms with E-state index in [1.54, 1.807) is 129 Å². The number of nitrogen functional groups attached to an aromatic ring is 1. The number of nitrogens with zero attached hydrogens (tertiary/aromatic N) is 18. The number of thiophene rings is 1. The lowest BCUT2D eigenvalue weighted by Gasteiger charge is -2.27. The Kier molecular flexibility index (Phi) is 51.8. The first-order chi connectivity index (χ1) is 69.4. The third-order valence-corrected chi connectivity index (χ3v) is 25.3. The van der Waals surface area contributed by atoms with Crippen molar-refractivity contribution in [3.63, 3.8) is 0 Å². The third kappa shape index (κ3) is 39.4. The van der Waals surface area contributed by atoms with Gasteiger partial charge in [0.25, 0.3) is 29.5 Å². The van der Waals surface area contributed by atoms with E-state index < -0.39 is 17.2 Å². The van der Waals surface area contributed by atoms with Gasteiger partial charge < -0.3 is 99.0 Å². The van der Waals surface area contributed by atoms with Gasteiger partial charge in [0.05, 0.1) is 47.4 Å². The van der Waals surface area contributed by atoms with Gasteiger partial charge in [-0.3, -0.25) is 28.8 Å². The van der Waals surface area contributed by atoms with E-state index in [2.05, 4.69) is 94.3 Å². The van der Waals surface area contributed by atoms with Crippen molar-refractivity contribution in [2.75, 3.05) is 256 Å². The molecule has 0 unspecified atom stereocenters. The number of amides is 7. The molecule has 5 aromatic carbocycles. The quantitative estimate of drug-likeness (QED) is 0.0360. The summed E-state index contributed by atoms with van der Waals surface area (Å²) in [5.74, 6) is -0.480. The van der Waals surface area contributed by atoms with E-state index >= 15 is 0 Å². The molecule has 5 aliphatic heterocycles. The topological polar surface area (TPSA) is 369 Å². The minimum atomic E-state index is -0.474. The zero-order valence-electron chi connectivity index (χ0n) is 87.7. The van der Waals surface area contributed by atoms with Gasteiger partial charge in [-0.15, -0.1) is 11.3 Å². The summed E-state index contributed by atoms with van der Waals surface area (Å²) in [6.07, 6.45) is 9.39. The number of esters is 2. The molecule has 34 nitrogen and oxygen atoms in total. The first-order valence-corrected chi connectivity index (χ1v) is 51.6. The molecule has 9 heterocycles. The van der Waals surface area contributed by atoms with E-state index in [4.69, 9.17) is 60.0 Å². The average molecular weight is 2170 g/mol. The smallest absolute Gasteiger partial charge is 0.410 e. The molecule has 790 valence electrons. The summed E-state index contributed by atoms with van der Waals surface area (Å²) in [7, 11) is 20.2. The van der Waals surface area contributed by atoms with E-state index in [1.807, 2.05) is 183 Å². The SMILES string of the molecule is CC.CC(C)(C)OC(=O)N1CCCNCC1.CN(C)C(=O)c1ccc(Br)cc1.CN(C)C(=O)c1ccc(N2CCCN(C(=O)OC(C)(C)C)CC2)cc1.CN(C)C(=O)c1ccc(N2CCCN(c3ccnc(Cl)c3C#N)CC2)cc1.CN(C)C(=O)c1ccc(N2CCCNCC2)cc1.COC(=O)CS.COC(=O)c1sc2nccc(N3CCCN(c4ccc(C(=O)N(C)C)cc4)CC3)c2c1N.N#Cc1c(Cl)ccnc1Cl. The second kappa shape index (κ2) is 61.9. The standard InChI is InChI=1S/C23H27N5O3S.C20H22ClN5O.C19H29N3O3.C14H21N3O.C10H20N2O2.C9H10BrNO.C6H2Cl2N2.C3H6O2S.C2H6/c1-26(2)22(29)15-5-7-16(8-6-15)27-11-4-12-28(14-13-27)17-9-10-25-21-18(17)19(24)20(32-21)23(30)31-3;1-24(2)20(27)15-4-6-16(7-5-15)25-10-3-11-26(13-12-25)18-8-9-23-19(21)17(18)14-22;1-19(2,3)25-18(24)22-12-6-11-21(13-14-22)16-9-7-15(8-10-16)17(23)20(4)5;1-16(2)14(18)12-4-6-13(7-5-12)17-10-3-8-15-9-11-17;1-10(2,3)14-9(13)12-7-4-5-11-6-8-12;1-11(2)9(12)7-3-5-8(10)6-4-7;7-5-1-2-10-6(8)4(5)3-9;1-5-3(4)2-6;1-2/h5-10H,4,11-14,24H2,1-3H3;4-9H,3,10-13H2,1-2H3;7-10H,6,11-14H2,1-5H3;4-7,15H,3,8-11H2,1-2H3;11H,4-8H2,1-3H3;3-6H,1-2H3;1-2H;6H,2H2,1H3;1-2H3. The maximum Gasteiger partial charge on any atom is 0.410 e. The second-order valence-corrected chi connectivity index (χ2v) is 39.9. The van der Waals surface area contributed by atoms with Crippen LogP contribution in [-0.2, 0) is 23.7 Å². The molecule has 0 atom stereocenters. The summed E-state index contributed by atoms with van der Waals surface area (Å²) in [6, 6.07) is 47.7. The third-order valence-electron chi connectivity index (χ3n) is 22.5. The number of carbonyl (C=O) groups is 9. The summed E-state index contributed by atoms with van der Waals surface area (Å²) in [6.45, 7) is 32.7. The number of pyridine rings is 3. The van der Waals surface area contributed by atoms with Crippen molar-refractivity contribution >= 4 is 178 Å². The van der Waals surface area contributed by atoms with Crippen molar-refractivity contribution in [2.24, 2.45) is 0 Å². The Hall–Kier alpha value is -12.5. The molecular formula is C106H143BrCl3N21O13S2. The largest absolute Gasteiger partial charge is 0.468 e. The van der Waals surface area contributed by atoms with E-state index in [0.717, 1.165) is 192 Å². The Labute approximate surface area is 893 Å². The molecule has 0 saturated carbocycles. The highest BCUT2D eigenvalue weighted by atomic mass is 79.9. The van der Waals surface area contributed by atoms with Gasteiger partial charge in [-0.2, -0.15) is 23.2 Å². The Balaban J connectivity index is 0.000000264. The van der Waals surface area contributed by atoms with Crippen molar-refractivity contribution in [3.8, 4) is 12.1 Å². The molecule has 5 aliphatic rings. The Morgan fingerprint density at radius 2 is 0.740 bits per heavy atom. The van der Waals surface area contributed by atoms with Crippen molar-refractivity contribution in [2.45, 2.75) is 98.7 Å². The second-order valence-electron chi connectivity index (χ2n) is 36.6. The maximum atomic E-state index is 12.2. The molecule has 40 heteroatoms. The number of nitrogens with one attached hydrogen (secondary N) is 2. The van der Waals surface area contributed by atoms with Crippen LogP contribution in [0.3, 0.4) is 0 Å². The van der Waals surface area contributed by atoms with Crippen LogP contribution in [0.15, 0.2) is 163 Å². The van der Waals surface area contributed by atoms with Crippen molar-refractivity contribution in [1.29, 1.82) is 10.5 Å². The number of rotatable bonds is 13. The van der Waals surface area contributed by atoms with Crippen LogP contribution in [0.25, 0.3) is 10.2 Å². The van der Waals surface area contributed by atoms with Crippen LogP contribution in [0, 0.1) is 22.7 Å². The molecule has 0 aliphatic carbocycles. The first-order valence-electron chi connectivity index (χ1n) is 48.2. The van der Waals surface area contributed by atoms with Gasteiger partial charge >= 0.3 is 24.1 Å². The number of aromatic nitrogens is 3. The number of thiol groups is 1. The monoisotopic (exact) mass is 2170 g/mol. The number of nitriles is 2. The Morgan fingerprint density at radius 1 is 0.418 bits per heavy atom. The fraction of sp³-hybridized carbons (Fsp3) is 0.453. The van der Waals surface area contributed by atoms with Gasteiger partial charge in [-0.25, -0.2) is 29.3 Å². The van der Waals surface area contributed by atoms with Crippen LogP contribution < -0.4 is 45.8 Å². The van der Waals surface area contributed by atoms with Gasteiger partial charge in [0.1, 0.15) is 54.5 Å². The predicted molar refractivity (Wildman–Crippen MR) is 593 cm³/mol. The van der Waals surface area contributed by atoms with Crippen molar-refractivity contribution in [3.05, 3.63) is 222 Å². The number of hydrogen-bond donors (Lipinski definition) is 4. The highest BCUT2D eigenvalue weighted by Gasteiger charge is 2.30. The summed E-state index contributed by atoms with van der Waals surface area (Å²) in [5, 5.41) is 26.0. The van der Waals surface area contributed by atoms with Gasteiger partial charge in [0.2, 0.25) is 0 Å². The van der Waals surface area contributed by atoms with E-state index in [0.29, 0.717) is 56.5 Å². The lowest BCUT2D eigenvalue weighted by molar-refractivity contribution is -0.137. The molecule has 5 saturated heterocycles. The van der Waals surface area contributed by atoms with Crippen LogP contribution >= 0.6 is 74.7 Å². The van der Waals surface area contributed by atoms with Gasteiger partial charge in [0, 0.05) is 262 Å². The van der Waals surface area contributed by atoms with Gasteiger partial charge in [-0.05, 0) is 226 Å². The fourth-order valence-corrected chi connectivity index (χ4v) is 17.1. The summed E-state index contributed by atoms with van der Waals surface area (Å²) < 4.78 is 20.8. The van der Waals surface area contributed by atoms with Crippen LogP contribution in [0.2, 0.25) is 15.3 Å². The summed E-state index contributed by atoms with van der Waals surface area (Å²) in [5.41, 5.74) is 16.4. The zero-order chi connectivity index (χ0) is 108. The number of benzene rings is 5. The van der Waals surface area contributed by atoms with Crippen LogP contribution in [-0.4, -0.2) is 335 Å². The van der Waals surface area contributed by atoms with Crippen molar-refractivity contribution < 1.29 is 62.1 Å². The number of nitrogens with two attached hydrogens (primary N) is 1. The minimum Gasteiger partial charge on any atom is -0.468 e. The zero-order valence-corrected chi connectivity index (χ0v) is 93.3. The van der Waals surface area contributed by atoms with Crippen LogP contribution in [0.5, 0.6) is 0 Å². The minimum absolute atomic E-state index is 0.0000266. The Bertz CT molecular complexity index is 5730. The maximum absolute atomic E-state index is 12.2. The molecule has 0 radical (unpaired) electrons. The number of halogens is 4. The van der Waals surface area contributed by atoms with Crippen molar-refractivity contribution in [1.82, 2.24) is 59.9 Å². The van der Waals surface area contributed by atoms with Gasteiger partial charge in [0.15, 0.2) is 0 Å².